The molecule has 1 fully saturated rings. The van der Waals surface area contributed by atoms with E-state index in [1.807, 2.05) is 29.2 Å². The van der Waals surface area contributed by atoms with Crippen molar-refractivity contribution in [3.05, 3.63) is 50.6 Å². The van der Waals surface area contributed by atoms with Gasteiger partial charge in [0.15, 0.2) is 0 Å². The van der Waals surface area contributed by atoms with Crippen molar-refractivity contribution in [1.82, 2.24) is 4.90 Å². The molecule has 1 saturated heterocycles. The number of urea groups is 1. The van der Waals surface area contributed by atoms with Crippen molar-refractivity contribution in [3.63, 3.8) is 0 Å². The third kappa shape index (κ3) is 3.29. The monoisotopic (exact) mass is 288 g/mol. The molecule has 0 aromatic carbocycles. The average Bonchev–Trinajstić information content (AvgIpc) is 2.39. The van der Waals surface area contributed by atoms with Crippen LogP contribution in [0.1, 0.15) is 44.9 Å². The summed E-state index contributed by atoms with van der Waals surface area (Å²) in [5.41, 5.74) is 5.15. The van der Waals surface area contributed by atoms with Crippen LogP contribution >= 0.6 is 0 Å². The minimum atomic E-state index is -0.373. The van der Waals surface area contributed by atoms with Crippen molar-refractivity contribution >= 4 is 6.03 Å². The van der Waals surface area contributed by atoms with E-state index < -0.39 is 0 Å². The lowest BCUT2D eigenvalue weighted by Crippen LogP contribution is -2.66. The summed E-state index contributed by atoms with van der Waals surface area (Å²) in [6.07, 6.45) is 13.3. The summed E-state index contributed by atoms with van der Waals surface area (Å²) in [7, 11) is 0. The van der Waals surface area contributed by atoms with Gasteiger partial charge in [0.05, 0.1) is 11.1 Å². The van der Waals surface area contributed by atoms with Crippen LogP contribution in [0.4, 0.5) is 4.79 Å². The molecule has 1 heterocycles. The van der Waals surface area contributed by atoms with Crippen molar-refractivity contribution in [2.45, 2.75) is 56.0 Å². The topological polar surface area (TPSA) is 46.3 Å². The number of likely N-dealkylation sites (tertiary alicyclic amines) is 1. The Kier molecular flexibility index (Phi) is 6.01. The van der Waals surface area contributed by atoms with Crippen molar-refractivity contribution in [1.29, 1.82) is 0 Å². The second-order valence-corrected chi connectivity index (χ2v) is 5.95. The zero-order valence-electron chi connectivity index (χ0n) is 13.0. The second-order valence-electron chi connectivity index (χ2n) is 5.95. The summed E-state index contributed by atoms with van der Waals surface area (Å²) in [6, 6.07) is -0.373. The van der Waals surface area contributed by atoms with Crippen molar-refractivity contribution in [3.8, 4) is 0 Å². The smallest absolute Gasteiger partial charge is 0.315 e. The summed E-state index contributed by atoms with van der Waals surface area (Å²) >= 11 is 0. The first-order valence-electron chi connectivity index (χ1n) is 7.55. The van der Waals surface area contributed by atoms with Crippen LogP contribution < -0.4 is 5.73 Å². The highest BCUT2D eigenvalue weighted by atomic mass is 16.2. The molecule has 0 bridgehead atoms. The number of nitrogens with two attached hydrogens (primary N) is 1. The number of amides is 2. The summed E-state index contributed by atoms with van der Waals surface area (Å²) < 4.78 is 0. The van der Waals surface area contributed by atoms with Gasteiger partial charge in [-0.2, -0.15) is 0 Å². The molecule has 1 aliphatic heterocycles. The summed E-state index contributed by atoms with van der Waals surface area (Å²) in [5, 5.41) is 0. The molecule has 1 rings (SSSR count). The molecule has 21 heavy (non-hydrogen) atoms. The van der Waals surface area contributed by atoms with Crippen LogP contribution in [-0.2, 0) is 0 Å². The molecule has 0 atom stereocenters. The zero-order chi connectivity index (χ0) is 15.9. The fourth-order valence-electron chi connectivity index (χ4n) is 3.96. The van der Waals surface area contributed by atoms with Crippen LogP contribution in [0.25, 0.3) is 0 Å². The third-order valence-electron chi connectivity index (χ3n) is 4.55. The summed E-state index contributed by atoms with van der Waals surface area (Å²) in [6.45, 7) is 15.4. The van der Waals surface area contributed by atoms with E-state index in [0.29, 0.717) is 0 Å². The van der Waals surface area contributed by atoms with Gasteiger partial charge in [-0.05, 0) is 44.9 Å². The summed E-state index contributed by atoms with van der Waals surface area (Å²) in [4.78, 5) is 14.2. The largest absolute Gasteiger partial charge is 0.351 e. The molecule has 2 amide bonds. The lowest BCUT2D eigenvalue weighted by atomic mass is 9.70. The number of hydrogen-bond donors (Lipinski definition) is 1. The van der Waals surface area contributed by atoms with E-state index in [2.05, 4.69) is 26.3 Å². The molecular weight excluding hydrogens is 260 g/mol. The van der Waals surface area contributed by atoms with E-state index in [4.69, 9.17) is 5.73 Å². The number of nitrogens with zero attached hydrogens (tertiary/aromatic N) is 1. The predicted molar refractivity (Wildman–Crippen MR) is 90.0 cm³/mol. The quantitative estimate of drug-likeness (QED) is 0.664. The minimum Gasteiger partial charge on any atom is -0.351 e. The highest BCUT2D eigenvalue weighted by Crippen LogP contribution is 2.46. The average molecular weight is 288 g/mol. The Balaban J connectivity index is 3.39. The number of carbonyl (C=O) groups is 1. The molecule has 1 aliphatic rings. The van der Waals surface area contributed by atoms with Gasteiger partial charge in [-0.25, -0.2) is 4.79 Å². The van der Waals surface area contributed by atoms with Crippen LogP contribution in [0.2, 0.25) is 0 Å². The van der Waals surface area contributed by atoms with E-state index in [1.54, 1.807) is 0 Å². The first kappa shape index (κ1) is 17.3. The molecule has 0 unspecified atom stereocenters. The first-order chi connectivity index (χ1) is 10.0. The number of hydrogen-bond acceptors (Lipinski definition) is 1. The van der Waals surface area contributed by atoms with Gasteiger partial charge in [0.25, 0.3) is 0 Å². The first-order valence-corrected chi connectivity index (χ1v) is 7.55. The van der Waals surface area contributed by atoms with Gasteiger partial charge < -0.3 is 10.6 Å². The van der Waals surface area contributed by atoms with Crippen LogP contribution in [0.3, 0.4) is 0 Å². The van der Waals surface area contributed by atoms with E-state index in [-0.39, 0.29) is 17.1 Å². The molecule has 0 spiro atoms. The Hall–Kier alpha value is -1.77. The predicted octanol–water partition coefficient (Wildman–Crippen LogP) is 4.33. The molecule has 2 N–H and O–H groups in total. The van der Waals surface area contributed by atoms with Crippen LogP contribution in [0, 0.1) is 0 Å². The minimum absolute atomic E-state index is 0.320. The van der Waals surface area contributed by atoms with Gasteiger partial charge in [0.2, 0.25) is 0 Å². The third-order valence-corrected chi connectivity index (χ3v) is 4.55. The molecule has 3 heteroatoms. The molecule has 0 aromatic rings. The number of primary amides is 1. The van der Waals surface area contributed by atoms with Crippen LogP contribution in [0.5, 0.6) is 0 Å². The van der Waals surface area contributed by atoms with E-state index in [1.165, 1.54) is 0 Å². The fourth-order valence-corrected chi connectivity index (χ4v) is 3.96. The Morgan fingerprint density at radius 3 is 1.48 bits per heavy atom. The second kappa shape index (κ2) is 7.30. The van der Waals surface area contributed by atoms with Gasteiger partial charge >= 0.3 is 6.03 Å². The Bertz CT molecular complexity index is 373. The van der Waals surface area contributed by atoms with Gasteiger partial charge in [-0.15, -0.1) is 26.3 Å². The van der Waals surface area contributed by atoms with Crippen molar-refractivity contribution in [2.24, 2.45) is 5.73 Å². The Morgan fingerprint density at radius 2 is 1.24 bits per heavy atom. The molecular formula is C18H28N2O. The van der Waals surface area contributed by atoms with Gasteiger partial charge in [0, 0.05) is 0 Å². The molecule has 0 aromatic heterocycles. The van der Waals surface area contributed by atoms with Crippen LogP contribution in [0.15, 0.2) is 50.6 Å². The number of carbonyl (C=O) groups excluding carboxylic acids is 1. The fraction of sp³-hybridized carbons (Fsp3) is 0.500. The standard InChI is InChI=1S/C18H28N2O/c1-5-10-17(11-6-2)14-9-15-18(12-7-3,13-8-4)20(17)16(19)21/h5-8H,1-4,9-15H2,(H2,19,21). The Labute approximate surface area is 128 Å². The summed E-state index contributed by atoms with van der Waals surface area (Å²) in [5.74, 6) is 0. The van der Waals surface area contributed by atoms with Crippen molar-refractivity contribution < 1.29 is 4.79 Å². The molecule has 116 valence electrons. The lowest BCUT2D eigenvalue weighted by Gasteiger charge is -2.57. The molecule has 0 aliphatic carbocycles. The van der Waals surface area contributed by atoms with Crippen LogP contribution in [-0.4, -0.2) is 22.0 Å². The van der Waals surface area contributed by atoms with Gasteiger partial charge in [-0.1, -0.05) is 24.3 Å². The highest BCUT2D eigenvalue weighted by Gasteiger charge is 2.50. The maximum absolute atomic E-state index is 12.3. The van der Waals surface area contributed by atoms with E-state index in [9.17, 15) is 4.79 Å². The normalized spacial score (nSPS) is 19.5. The Morgan fingerprint density at radius 1 is 0.905 bits per heavy atom. The van der Waals surface area contributed by atoms with Crippen molar-refractivity contribution in [2.75, 3.05) is 0 Å². The molecule has 0 radical (unpaired) electrons. The van der Waals surface area contributed by atoms with Gasteiger partial charge in [0.1, 0.15) is 0 Å². The van der Waals surface area contributed by atoms with E-state index in [0.717, 1.165) is 44.9 Å². The number of piperidine rings is 1. The molecule has 0 saturated carbocycles. The maximum Gasteiger partial charge on any atom is 0.315 e. The lowest BCUT2D eigenvalue weighted by molar-refractivity contribution is -0.0198. The van der Waals surface area contributed by atoms with E-state index >= 15 is 0 Å². The number of rotatable bonds is 8. The maximum atomic E-state index is 12.3. The zero-order valence-corrected chi connectivity index (χ0v) is 13.0. The molecule has 3 nitrogen and oxygen atoms in total. The SMILES string of the molecule is C=CCC1(CC=C)CCCC(CC=C)(CC=C)N1C(N)=O. The van der Waals surface area contributed by atoms with Gasteiger partial charge in [-0.3, -0.25) is 0 Å². The highest BCUT2D eigenvalue weighted by molar-refractivity contribution is 5.74.